The van der Waals surface area contributed by atoms with Crippen LogP contribution in [0.3, 0.4) is 0 Å². The molecule has 1 aromatic rings. The van der Waals surface area contributed by atoms with Crippen LogP contribution in [0, 0.1) is 0 Å². The minimum Gasteiger partial charge on any atom is -0.486 e. The third kappa shape index (κ3) is 1.63. The summed E-state index contributed by atoms with van der Waals surface area (Å²) in [5.74, 6) is 0.935. The maximum Gasteiger partial charge on any atom is 0.235 e. The van der Waals surface area contributed by atoms with Gasteiger partial charge in [0.15, 0.2) is 17.3 Å². The Hall–Kier alpha value is -2.04. The Kier molecular flexibility index (Phi) is 2.24. The van der Waals surface area contributed by atoms with Crippen LogP contribution in [-0.2, 0) is 9.59 Å². The lowest BCUT2D eigenvalue weighted by molar-refractivity contribution is -0.121. The molecule has 1 fully saturated rings. The molecule has 1 aromatic carbocycles. The monoisotopic (exact) mass is 233 g/mol. The molecule has 5 nitrogen and oxygen atoms in total. The number of para-hydroxylation sites is 1. The predicted octanol–water partition coefficient (Wildman–Crippen LogP) is 0.764. The van der Waals surface area contributed by atoms with Gasteiger partial charge in [-0.3, -0.25) is 9.59 Å². The molecule has 0 spiro atoms. The highest BCUT2D eigenvalue weighted by Crippen LogP contribution is 2.40. The number of carbonyl (C=O) groups is 2. The van der Waals surface area contributed by atoms with Crippen molar-refractivity contribution in [3.8, 4) is 11.5 Å². The van der Waals surface area contributed by atoms with E-state index in [2.05, 4.69) is 0 Å². The van der Waals surface area contributed by atoms with Gasteiger partial charge in [-0.2, -0.15) is 0 Å². The number of ether oxygens (including phenoxy) is 2. The average Bonchev–Trinajstić information content (AvgIpc) is 2.68. The molecule has 3 rings (SSSR count). The molecule has 2 aliphatic rings. The predicted molar refractivity (Wildman–Crippen MR) is 59.4 cm³/mol. The van der Waals surface area contributed by atoms with Crippen LogP contribution in [0.4, 0.5) is 5.69 Å². The molecule has 0 N–H and O–H groups in total. The number of hydrogen-bond donors (Lipinski definition) is 0. The average molecular weight is 233 g/mol. The summed E-state index contributed by atoms with van der Waals surface area (Å²) >= 11 is 0. The van der Waals surface area contributed by atoms with Gasteiger partial charge in [0, 0.05) is 0 Å². The van der Waals surface area contributed by atoms with E-state index in [0.717, 1.165) is 0 Å². The largest absolute Gasteiger partial charge is 0.486 e. The Morgan fingerprint density at radius 2 is 1.94 bits per heavy atom. The fourth-order valence-electron chi connectivity index (χ4n) is 2.07. The summed E-state index contributed by atoms with van der Waals surface area (Å²) < 4.78 is 11.0. The first-order valence-electron chi connectivity index (χ1n) is 5.46. The Labute approximate surface area is 97.9 Å². The van der Waals surface area contributed by atoms with E-state index >= 15 is 0 Å². The van der Waals surface area contributed by atoms with E-state index in [-0.39, 0.29) is 24.7 Å². The lowest BCUT2D eigenvalue weighted by atomic mass is 10.2. The van der Waals surface area contributed by atoms with Crippen molar-refractivity contribution in [3.63, 3.8) is 0 Å². The minimum absolute atomic E-state index is 0.0233. The second kappa shape index (κ2) is 3.76. The van der Waals surface area contributed by atoms with Crippen molar-refractivity contribution in [2.75, 3.05) is 24.7 Å². The maximum atomic E-state index is 11.7. The third-order valence-corrected chi connectivity index (χ3v) is 2.82. The first kappa shape index (κ1) is 10.1. The molecule has 1 saturated heterocycles. The Balaban J connectivity index is 2.03. The molecule has 2 aliphatic heterocycles. The van der Waals surface area contributed by atoms with E-state index in [1.165, 1.54) is 4.90 Å². The van der Waals surface area contributed by atoms with E-state index in [4.69, 9.17) is 9.47 Å². The van der Waals surface area contributed by atoms with Gasteiger partial charge in [-0.25, -0.2) is 0 Å². The van der Waals surface area contributed by atoms with Crippen LogP contribution in [0.5, 0.6) is 11.5 Å². The zero-order valence-electron chi connectivity index (χ0n) is 9.14. The maximum absolute atomic E-state index is 11.7. The summed E-state index contributed by atoms with van der Waals surface area (Å²) in [6.45, 7) is 1.09. The molecule has 0 atom stereocenters. The number of benzene rings is 1. The second-order valence-corrected chi connectivity index (χ2v) is 4.00. The van der Waals surface area contributed by atoms with Crippen molar-refractivity contribution in [1.29, 1.82) is 0 Å². The zero-order valence-corrected chi connectivity index (χ0v) is 9.14. The number of nitrogens with zero attached hydrogens (tertiary/aromatic N) is 1. The molecular weight excluding hydrogens is 222 g/mol. The van der Waals surface area contributed by atoms with Gasteiger partial charge in [-0.05, 0) is 12.1 Å². The molecule has 5 heteroatoms. The summed E-state index contributed by atoms with van der Waals surface area (Å²) in [6, 6.07) is 5.35. The SMILES string of the molecule is O=C1CC(=O)N(c2cccc3c2OCCO3)C1. The van der Waals surface area contributed by atoms with Crippen LogP contribution in [-0.4, -0.2) is 31.4 Å². The molecular formula is C12H11NO4. The van der Waals surface area contributed by atoms with E-state index in [1.807, 2.05) is 0 Å². The van der Waals surface area contributed by atoms with Crippen molar-refractivity contribution in [1.82, 2.24) is 0 Å². The third-order valence-electron chi connectivity index (χ3n) is 2.82. The van der Waals surface area contributed by atoms with Gasteiger partial charge in [0.05, 0.1) is 18.7 Å². The lowest BCUT2D eigenvalue weighted by Crippen LogP contribution is -2.26. The second-order valence-electron chi connectivity index (χ2n) is 4.00. The summed E-state index contributed by atoms with van der Waals surface area (Å²) in [5.41, 5.74) is 0.623. The first-order valence-corrected chi connectivity index (χ1v) is 5.46. The Morgan fingerprint density at radius 1 is 1.12 bits per heavy atom. The molecule has 17 heavy (non-hydrogen) atoms. The van der Waals surface area contributed by atoms with E-state index < -0.39 is 0 Å². The highest BCUT2D eigenvalue weighted by Gasteiger charge is 2.32. The summed E-state index contributed by atoms with van der Waals surface area (Å²) in [4.78, 5) is 24.4. The fourth-order valence-corrected chi connectivity index (χ4v) is 2.07. The number of Topliss-reactive ketones (excluding diaryl/α,β-unsaturated/α-hetero) is 1. The van der Waals surface area contributed by atoms with Gasteiger partial charge in [-0.15, -0.1) is 0 Å². The molecule has 0 aromatic heterocycles. The van der Waals surface area contributed by atoms with Gasteiger partial charge in [-0.1, -0.05) is 6.07 Å². The molecule has 0 bridgehead atoms. The number of hydrogen-bond acceptors (Lipinski definition) is 4. The number of rotatable bonds is 1. The van der Waals surface area contributed by atoms with Crippen LogP contribution < -0.4 is 14.4 Å². The van der Waals surface area contributed by atoms with E-state index in [9.17, 15) is 9.59 Å². The van der Waals surface area contributed by atoms with Crippen molar-refractivity contribution in [2.45, 2.75) is 6.42 Å². The smallest absolute Gasteiger partial charge is 0.235 e. The van der Waals surface area contributed by atoms with Crippen LogP contribution >= 0.6 is 0 Å². The number of fused-ring (bicyclic) bond motifs is 1. The van der Waals surface area contributed by atoms with Crippen molar-refractivity contribution >= 4 is 17.4 Å². The van der Waals surface area contributed by atoms with Crippen LogP contribution in [0.1, 0.15) is 6.42 Å². The van der Waals surface area contributed by atoms with Gasteiger partial charge in [0.1, 0.15) is 13.2 Å². The molecule has 0 unspecified atom stereocenters. The molecule has 2 heterocycles. The van der Waals surface area contributed by atoms with Gasteiger partial charge in [0.2, 0.25) is 5.91 Å². The van der Waals surface area contributed by atoms with Gasteiger partial charge >= 0.3 is 0 Å². The van der Waals surface area contributed by atoms with Crippen molar-refractivity contribution in [3.05, 3.63) is 18.2 Å². The van der Waals surface area contributed by atoms with E-state index in [0.29, 0.717) is 30.4 Å². The normalized spacial score (nSPS) is 18.7. The molecule has 0 radical (unpaired) electrons. The fraction of sp³-hybridized carbons (Fsp3) is 0.333. The number of carbonyl (C=O) groups excluding carboxylic acids is 2. The molecule has 1 amide bonds. The number of ketones is 1. The molecule has 88 valence electrons. The molecule has 0 saturated carbocycles. The van der Waals surface area contributed by atoms with Crippen molar-refractivity contribution in [2.24, 2.45) is 0 Å². The minimum atomic E-state index is -0.183. The summed E-state index contributed by atoms with van der Waals surface area (Å²) in [7, 11) is 0. The Bertz CT molecular complexity index is 497. The number of anilines is 1. The molecule has 0 aliphatic carbocycles. The Morgan fingerprint density at radius 3 is 2.71 bits per heavy atom. The highest BCUT2D eigenvalue weighted by atomic mass is 16.6. The van der Waals surface area contributed by atoms with Crippen LogP contribution in [0.15, 0.2) is 18.2 Å². The quantitative estimate of drug-likeness (QED) is 0.672. The van der Waals surface area contributed by atoms with Gasteiger partial charge in [0.25, 0.3) is 0 Å². The van der Waals surface area contributed by atoms with Crippen LogP contribution in [0.25, 0.3) is 0 Å². The van der Waals surface area contributed by atoms with E-state index in [1.54, 1.807) is 18.2 Å². The standard InChI is InChI=1S/C12H11NO4/c14-8-6-11(15)13(7-8)9-2-1-3-10-12(9)17-5-4-16-10/h1-3H,4-7H2. The topological polar surface area (TPSA) is 55.8 Å². The summed E-state index contributed by atoms with van der Waals surface area (Å²) in [6.07, 6.45) is -0.0233. The van der Waals surface area contributed by atoms with Crippen molar-refractivity contribution < 1.29 is 19.1 Å². The van der Waals surface area contributed by atoms with Gasteiger partial charge < -0.3 is 14.4 Å². The number of amides is 1. The first-order chi connectivity index (χ1) is 8.25. The summed E-state index contributed by atoms with van der Waals surface area (Å²) in [5, 5.41) is 0. The highest BCUT2D eigenvalue weighted by molar-refractivity contribution is 6.15. The zero-order chi connectivity index (χ0) is 11.8. The lowest BCUT2D eigenvalue weighted by Gasteiger charge is -2.24. The van der Waals surface area contributed by atoms with Crippen LogP contribution in [0.2, 0.25) is 0 Å².